The first kappa shape index (κ1) is 20.2. The average Bonchev–Trinajstić information content (AvgIpc) is 2.66. The maximum absolute atomic E-state index is 12.0. The van der Waals surface area contributed by atoms with E-state index in [-0.39, 0.29) is 11.8 Å². The topological polar surface area (TPSA) is 67.4 Å². The molecule has 142 valence electrons. The summed E-state index contributed by atoms with van der Waals surface area (Å²) in [6.45, 7) is 3.32. The molecule has 0 spiro atoms. The lowest BCUT2D eigenvalue weighted by Crippen LogP contribution is -2.44. The number of carbonyl (C=O) groups is 2. The number of benzene rings is 1. The Hall–Kier alpha value is -2.14. The number of ketones is 1. The zero-order valence-electron chi connectivity index (χ0n) is 15.6. The molecule has 1 atom stereocenters. The van der Waals surface area contributed by atoms with Gasteiger partial charge in [-0.05, 0) is 31.7 Å². The van der Waals surface area contributed by atoms with Crippen LogP contribution in [0.4, 0.5) is 0 Å². The summed E-state index contributed by atoms with van der Waals surface area (Å²) >= 11 is 0. The third kappa shape index (κ3) is 6.64. The highest BCUT2D eigenvalue weighted by Crippen LogP contribution is 2.27. The van der Waals surface area contributed by atoms with Crippen LogP contribution in [0.25, 0.3) is 6.08 Å². The summed E-state index contributed by atoms with van der Waals surface area (Å²) in [7, 11) is 0. The van der Waals surface area contributed by atoms with E-state index in [2.05, 4.69) is 10.6 Å². The lowest BCUT2D eigenvalue weighted by Gasteiger charge is -2.29. The second-order valence-electron chi connectivity index (χ2n) is 6.76. The van der Waals surface area contributed by atoms with Gasteiger partial charge < -0.3 is 15.4 Å². The SMILES string of the molecule is CC(=O)C(NCCOc1ccccc1/C=C/CNC=O)C1CCCCC1. The molecule has 2 rings (SSSR count). The van der Waals surface area contributed by atoms with E-state index in [0.29, 0.717) is 32.0 Å². The second-order valence-corrected chi connectivity index (χ2v) is 6.76. The van der Waals surface area contributed by atoms with Crippen molar-refractivity contribution in [3.63, 3.8) is 0 Å². The Bertz CT molecular complexity index is 595. The smallest absolute Gasteiger partial charge is 0.207 e. The molecule has 1 unspecified atom stereocenters. The van der Waals surface area contributed by atoms with Crippen molar-refractivity contribution < 1.29 is 14.3 Å². The Labute approximate surface area is 156 Å². The molecule has 1 aliphatic carbocycles. The number of Topliss-reactive ketones (excluding diaryl/α,β-unsaturated/α-hetero) is 1. The molecule has 0 aliphatic heterocycles. The number of rotatable bonds is 11. The number of hydrogen-bond acceptors (Lipinski definition) is 4. The molecule has 0 aromatic heterocycles. The van der Waals surface area contributed by atoms with E-state index in [1.165, 1.54) is 19.3 Å². The molecule has 1 aromatic rings. The average molecular weight is 358 g/mol. The van der Waals surface area contributed by atoms with Crippen molar-refractivity contribution in [3.8, 4) is 5.75 Å². The van der Waals surface area contributed by atoms with Crippen molar-refractivity contribution in [2.75, 3.05) is 19.7 Å². The molecule has 0 heterocycles. The maximum atomic E-state index is 12.0. The van der Waals surface area contributed by atoms with Crippen LogP contribution in [0.5, 0.6) is 5.75 Å². The van der Waals surface area contributed by atoms with Crippen LogP contribution in [0.2, 0.25) is 0 Å². The molecule has 0 radical (unpaired) electrons. The van der Waals surface area contributed by atoms with Gasteiger partial charge in [0.25, 0.3) is 0 Å². The summed E-state index contributed by atoms with van der Waals surface area (Å²) in [5.41, 5.74) is 0.968. The van der Waals surface area contributed by atoms with E-state index in [1.807, 2.05) is 36.4 Å². The normalized spacial score (nSPS) is 16.3. The van der Waals surface area contributed by atoms with Crippen molar-refractivity contribution >= 4 is 18.3 Å². The first-order valence-electron chi connectivity index (χ1n) is 9.51. The van der Waals surface area contributed by atoms with Gasteiger partial charge in [0, 0.05) is 18.7 Å². The fourth-order valence-electron chi connectivity index (χ4n) is 3.54. The van der Waals surface area contributed by atoms with Gasteiger partial charge >= 0.3 is 0 Å². The summed E-state index contributed by atoms with van der Waals surface area (Å²) in [5, 5.41) is 5.99. The fourth-order valence-corrected chi connectivity index (χ4v) is 3.54. The second kappa shape index (κ2) is 11.5. The minimum Gasteiger partial charge on any atom is -0.492 e. The van der Waals surface area contributed by atoms with Crippen LogP contribution in [0.3, 0.4) is 0 Å². The highest BCUT2D eigenvalue weighted by molar-refractivity contribution is 5.81. The summed E-state index contributed by atoms with van der Waals surface area (Å²) in [5.74, 6) is 1.48. The van der Waals surface area contributed by atoms with E-state index < -0.39 is 0 Å². The molecule has 1 aromatic carbocycles. The molecule has 5 nitrogen and oxygen atoms in total. The number of para-hydroxylation sites is 1. The van der Waals surface area contributed by atoms with E-state index in [0.717, 1.165) is 24.2 Å². The van der Waals surface area contributed by atoms with Crippen LogP contribution in [0.1, 0.15) is 44.6 Å². The van der Waals surface area contributed by atoms with Crippen LogP contribution in [-0.4, -0.2) is 37.9 Å². The fraction of sp³-hybridized carbons (Fsp3) is 0.524. The van der Waals surface area contributed by atoms with Gasteiger partial charge in [-0.15, -0.1) is 0 Å². The van der Waals surface area contributed by atoms with Gasteiger partial charge in [0.05, 0.1) is 6.04 Å². The third-order valence-electron chi connectivity index (χ3n) is 4.82. The number of hydrogen-bond donors (Lipinski definition) is 2. The van der Waals surface area contributed by atoms with Crippen LogP contribution in [0.15, 0.2) is 30.3 Å². The Morgan fingerprint density at radius 2 is 2.04 bits per heavy atom. The number of amides is 1. The first-order valence-corrected chi connectivity index (χ1v) is 9.51. The quantitative estimate of drug-likeness (QED) is 0.471. The van der Waals surface area contributed by atoms with Crippen molar-refractivity contribution in [1.82, 2.24) is 10.6 Å². The van der Waals surface area contributed by atoms with Crippen molar-refractivity contribution in [2.24, 2.45) is 5.92 Å². The zero-order valence-corrected chi connectivity index (χ0v) is 15.6. The molecule has 1 saturated carbocycles. The Kier molecular flexibility index (Phi) is 8.90. The molecular weight excluding hydrogens is 328 g/mol. The summed E-state index contributed by atoms with van der Waals surface area (Å²) in [6, 6.07) is 7.73. The van der Waals surface area contributed by atoms with Crippen LogP contribution in [-0.2, 0) is 9.59 Å². The highest BCUT2D eigenvalue weighted by atomic mass is 16.5. The van der Waals surface area contributed by atoms with Gasteiger partial charge in [0.2, 0.25) is 6.41 Å². The van der Waals surface area contributed by atoms with Crippen molar-refractivity contribution in [1.29, 1.82) is 0 Å². The third-order valence-corrected chi connectivity index (χ3v) is 4.82. The van der Waals surface area contributed by atoms with Gasteiger partial charge in [-0.1, -0.05) is 49.6 Å². The molecule has 1 fully saturated rings. The first-order chi connectivity index (χ1) is 12.7. The number of nitrogens with one attached hydrogen (secondary N) is 2. The molecule has 1 aliphatic rings. The molecule has 26 heavy (non-hydrogen) atoms. The molecular formula is C21H30N2O3. The van der Waals surface area contributed by atoms with Gasteiger partial charge in [-0.2, -0.15) is 0 Å². The summed E-state index contributed by atoms with van der Waals surface area (Å²) in [4.78, 5) is 22.3. The van der Waals surface area contributed by atoms with E-state index in [4.69, 9.17) is 4.74 Å². The molecule has 2 N–H and O–H groups in total. The van der Waals surface area contributed by atoms with E-state index >= 15 is 0 Å². The molecule has 0 saturated heterocycles. The monoisotopic (exact) mass is 358 g/mol. The molecule has 1 amide bonds. The maximum Gasteiger partial charge on any atom is 0.207 e. The minimum atomic E-state index is -0.0524. The Balaban J connectivity index is 1.82. The molecule has 5 heteroatoms. The largest absolute Gasteiger partial charge is 0.492 e. The van der Waals surface area contributed by atoms with E-state index in [9.17, 15) is 9.59 Å². The van der Waals surface area contributed by atoms with Gasteiger partial charge in [0.15, 0.2) is 0 Å². The summed E-state index contributed by atoms with van der Waals surface area (Å²) in [6.07, 6.45) is 10.5. The predicted molar refractivity (Wildman–Crippen MR) is 104 cm³/mol. The number of carbonyl (C=O) groups excluding carboxylic acids is 2. The van der Waals surface area contributed by atoms with E-state index in [1.54, 1.807) is 6.92 Å². The van der Waals surface area contributed by atoms with Gasteiger partial charge in [-0.3, -0.25) is 9.59 Å². The van der Waals surface area contributed by atoms with Crippen molar-refractivity contribution in [3.05, 3.63) is 35.9 Å². The van der Waals surface area contributed by atoms with Crippen LogP contribution < -0.4 is 15.4 Å². The minimum absolute atomic E-state index is 0.0524. The standard InChI is InChI=1S/C21H30N2O3/c1-17(25)21(19-9-3-2-4-10-19)23-14-15-26-20-12-6-5-8-18(20)11-7-13-22-16-24/h5-8,11-12,16,19,21,23H,2-4,9-10,13-15H2,1H3,(H,22,24)/b11-7+. The lowest BCUT2D eigenvalue weighted by atomic mass is 9.82. The van der Waals surface area contributed by atoms with Crippen LogP contribution in [0, 0.1) is 5.92 Å². The molecule has 0 bridgehead atoms. The predicted octanol–water partition coefficient (Wildman–Crippen LogP) is 2.95. The lowest BCUT2D eigenvalue weighted by molar-refractivity contribution is -0.120. The Morgan fingerprint density at radius 1 is 1.27 bits per heavy atom. The van der Waals surface area contributed by atoms with Crippen molar-refractivity contribution in [2.45, 2.75) is 45.1 Å². The van der Waals surface area contributed by atoms with Gasteiger partial charge in [0.1, 0.15) is 18.1 Å². The van der Waals surface area contributed by atoms with Gasteiger partial charge in [-0.25, -0.2) is 0 Å². The Morgan fingerprint density at radius 3 is 2.77 bits per heavy atom. The number of ether oxygens (including phenoxy) is 1. The van der Waals surface area contributed by atoms with Crippen LogP contribution >= 0.6 is 0 Å². The highest BCUT2D eigenvalue weighted by Gasteiger charge is 2.26. The zero-order chi connectivity index (χ0) is 18.6. The summed E-state index contributed by atoms with van der Waals surface area (Å²) < 4.78 is 5.90.